The van der Waals surface area contributed by atoms with Gasteiger partial charge in [0.25, 0.3) is 0 Å². The molecule has 0 radical (unpaired) electrons. The number of carbonyl (C=O) groups excluding carboxylic acids is 1. The van der Waals surface area contributed by atoms with Gasteiger partial charge in [-0.3, -0.25) is 4.79 Å². The maximum Gasteiger partial charge on any atom is 0.154 e. The monoisotopic (exact) mass is 228 g/mol. The van der Waals surface area contributed by atoms with Gasteiger partial charge in [-0.25, -0.2) is 0 Å². The van der Waals surface area contributed by atoms with E-state index in [2.05, 4.69) is 6.92 Å². The summed E-state index contributed by atoms with van der Waals surface area (Å²) in [6.07, 6.45) is 1.92. The average molecular weight is 228 g/mol. The van der Waals surface area contributed by atoms with Crippen molar-refractivity contribution in [3.63, 3.8) is 0 Å². The second kappa shape index (κ2) is 5.00. The fraction of sp³-hybridized carbons (Fsp3) is 0.267. The van der Waals surface area contributed by atoms with Crippen LogP contribution in [0.4, 0.5) is 0 Å². The first-order valence-corrected chi connectivity index (χ1v) is 5.89. The van der Waals surface area contributed by atoms with Crippen LogP contribution in [0.25, 0.3) is 10.8 Å². The molecule has 0 aliphatic heterocycles. The Balaban J connectivity index is 2.53. The van der Waals surface area contributed by atoms with E-state index in [4.69, 9.17) is 4.74 Å². The maximum absolute atomic E-state index is 11.2. The number of ether oxygens (including phenoxy) is 1. The van der Waals surface area contributed by atoms with Crippen molar-refractivity contribution in [2.45, 2.75) is 26.4 Å². The zero-order chi connectivity index (χ0) is 12.3. The van der Waals surface area contributed by atoms with E-state index in [0.29, 0.717) is 11.3 Å². The number of benzene rings is 2. The molecule has 0 saturated heterocycles. The first kappa shape index (κ1) is 11.6. The first-order valence-electron chi connectivity index (χ1n) is 5.89. The Morgan fingerprint density at radius 3 is 2.71 bits per heavy atom. The minimum absolute atomic E-state index is 0.120. The van der Waals surface area contributed by atoms with Crippen LogP contribution < -0.4 is 4.74 Å². The average Bonchev–Trinajstić information content (AvgIpc) is 2.38. The largest absolute Gasteiger partial charge is 0.490 e. The van der Waals surface area contributed by atoms with Gasteiger partial charge >= 0.3 is 0 Å². The molecule has 0 aliphatic carbocycles. The van der Waals surface area contributed by atoms with E-state index >= 15 is 0 Å². The molecular weight excluding hydrogens is 212 g/mol. The Labute approximate surface area is 101 Å². The lowest BCUT2D eigenvalue weighted by Crippen LogP contribution is -2.11. The van der Waals surface area contributed by atoms with E-state index in [1.54, 1.807) is 0 Å². The maximum atomic E-state index is 11.2. The summed E-state index contributed by atoms with van der Waals surface area (Å²) in [6.45, 7) is 4.07. The van der Waals surface area contributed by atoms with Crippen LogP contribution in [0.1, 0.15) is 30.6 Å². The van der Waals surface area contributed by atoms with Crippen molar-refractivity contribution in [2.75, 3.05) is 0 Å². The van der Waals surface area contributed by atoms with Gasteiger partial charge in [-0.05, 0) is 30.2 Å². The van der Waals surface area contributed by atoms with Gasteiger partial charge in [-0.15, -0.1) is 0 Å². The van der Waals surface area contributed by atoms with Gasteiger partial charge in [0.05, 0.1) is 11.7 Å². The van der Waals surface area contributed by atoms with Crippen LogP contribution in [0.15, 0.2) is 36.4 Å². The van der Waals surface area contributed by atoms with Crippen LogP contribution in [0, 0.1) is 0 Å². The van der Waals surface area contributed by atoms with Crippen molar-refractivity contribution in [2.24, 2.45) is 0 Å². The van der Waals surface area contributed by atoms with E-state index in [1.807, 2.05) is 43.3 Å². The Kier molecular flexibility index (Phi) is 3.43. The summed E-state index contributed by atoms with van der Waals surface area (Å²) in [5, 5.41) is 2.01. The molecule has 0 aliphatic rings. The predicted octanol–water partition coefficient (Wildman–Crippen LogP) is 3.83. The molecular formula is C15H16O2. The Morgan fingerprint density at radius 2 is 2.00 bits per heavy atom. The Bertz CT molecular complexity index is 531. The van der Waals surface area contributed by atoms with E-state index in [1.165, 1.54) is 0 Å². The Hall–Kier alpha value is -1.83. The molecule has 1 unspecified atom stereocenters. The number of aldehydes is 1. The molecule has 88 valence electrons. The highest BCUT2D eigenvalue weighted by atomic mass is 16.5. The standard InChI is InChI=1S/C15H16O2/c1-3-11(2)17-15-9-8-12-6-4-5-7-13(12)14(15)10-16/h4-11H,3H2,1-2H3. The van der Waals surface area contributed by atoms with Gasteiger partial charge in [0.1, 0.15) is 5.75 Å². The van der Waals surface area contributed by atoms with Crippen molar-refractivity contribution in [3.8, 4) is 5.75 Å². The van der Waals surface area contributed by atoms with Crippen molar-refractivity contribution in [1.29, 1.82) is 0 Å². The van der Waals surface area contributed by atoms with Crippen LogP contribution in [0.2, 0.25) is 0 Å². The molecule has 2 rings (SSSR count). The molecule has 0 heterocycles. The highest BCUT2D eigenvalue weighted by molar-refractivity contribution is 6.00. The fourth-order valence-electron chi connectivity index (χ4n) is 1.80. The third kappa shape index (κ3) is 2.31. The third-order valence-electron chi connectivity index (χ3n) is 2.95. The third-order valence-corrected chi connectivity index (χ3v) is 2.95. The quantitative estimate of drug-likeness (QED) is 0.743. The molecule has 0 spiro atoms. The van der Waals surface area contributed by atoms with Crippen LogP contribution in [0.3, 0.4) is 0 Å². The smallest absolute Gasteiger partial charge is 0.154 e. The van der Waals surface area contributed by atoms with Crippen LogP contribution >= 0.6 is 0 Å². The van der Waals surface area contributed by atoms with Crippen molar-refractivity contribution >= 4 is 17.1 Å². The summed E-state index contributed by atoms with van der Waals surface area (Å²) in [5.41, 5.74) is 0.642. The molecule has 2 aromatic carbocycles. The zero-order valence-electron chi connectivity index (χ0n) is 10.1. The molecule has 0 N–H and O–H groups in total. The minimum Gasteiger partial charge on any atom is -0.490 e. The van der Waals surface area contributed by atoms with Crippen molar-refractivity contribution in [3.05, 3.63) is 42.0 Å². The highest BCUT2D eigenvalue weighted by Gasteiger charge is 2.09. The van der Waals surface area contributed by atoms with Gasteiger partial charge in [0.2, 0.25) is 0 Å². The molecule has 2 heteroatoms. The summed E-state index contributed by atoms with van der Waals surface area (Å²) >= 11 is 0. The second-order valence-electron chi connectivity index (χ2n) is 4.15. The van der Waals surface area contributed by atoms with Crippen molar-refractivity contribution < 1.29 is 9.53 Å². The lowest BCUT2D eigenvalue weighted by molar-refractivity contribution is 0.111. The van der Waals surface area contributed by atoms with E-state index < -0.39 is 0 Å². The molecule has 17 heavy (non-hydrogen) atoms. The Morgan fingerprint density at radius 1 is 1.24 bits per heavy atom. The van der Waals surface area contributed by atoms with E-state index in [9.17, 15) is 4.79 Å². The van der Waals surface area contributed by atoms with Crippen LogP contribution in [-0.2, 0) is 0 Å². The van der Waals surface area contributed by atoms with Crippen molar-refractivity contribution in [1.82, 2.24) is 0 Å². The zero-order valence-corrected chi connectivity index (χ0v) is 10.1. The van der Waals surface area contributed by atoms with Crippen LogP contribution in [-0.4, -0.2) is 12.4 Å². The summed E-state index contributed by atoms with van der Waals surface area (Å²) in [5.74, 6) is 0.674. The van der Waals surface area contributed by atoms with E-state index in [-0.39, 0.29) is 6.10 Å². The molecule has 2 nitrogen and oxygen atoms in total. The molecule has 0 amide bonds. The van der Waals surface area contributed by atoms with Gasteiger partial charge in [0, 0.05) is 0 Å². The number of hydrogen-bond acceptors (Lipinski definition) is 2. The molecule has 0 fully saturated rings. The SMILES string of the molecule is CCC(C)Oc1ccc2ccccc2c1C=O. The fourth-order valence-corrected chi connectivity index (χ4v) is 1.80. The van der Waals surface area contributed by atoms with Crippen LogP contribution in [0.5, 0.6) is 5.75 Å². The van der Waals surface area contributed by atoms with Gasteiger partial charge in [0.15, 0.2) is 6.29 Å². The molecule has 0 aromatic heterocycles. The molecule has 0 saturated carbocycles. The lowest BCUT2D eigenvalue weighted by Gasteiger charge is -2.15. The molecule has 2 aromatic rings. The summed E-state index contributed by atoms with van der Waals surface area (Å²) < 4.78 is 5.76. The number of fused-ring (bicyclic) bond motifs is 1. The minimum atomic E-state index is 0.120. The van der Waals surface area contributed by atoms with Gasteiger partial charge in [-0.2, -0.15) is 0 Å². The number of hydrogen-bond donors (Lipinski definition) is 0. The molecule has 0 bridgehead atoms. The number of carbonyl (C=O) groups is 1. The summed E-state index contributed by atoms with van der Waals surface area (Å²) in [4.78, 5) is 11.2. The summed E-state index contributed by atoms with van der Waals surface area (Å²) in [6, 6.07) is 11.7. The molecule has 1 atom stereocenters. The highest BCUT2D eigenvalue weighted by Crippen LogP contribution is 2.27. The van der Waals surface area contributed by atoms with Gasteiger partial charge in [-0.1, -0.05) is 37.3 Å². The normalized spacial score (nSPS) is 12.4. The topological polar surface area (TPSA) is 26.3 Å². The number of rotatable bonds is 4. The predicted molar refractivity (Wildman–Crippen MR) is 69.7 cm³/mol. The lowest BCUT2D eigenvalue weighted by atomic mass is 10.0. The van der Waals surface area contributed by atoms with E-state index in [0.717, 1.165) is 23.5 Å². The first-order chi connectivity index (χ1) is 8.26. The van der Waals surface area contributed by atoms with Gasteiger partial charge < -0.3 is 4.74 Å². The second-order valence-corrected chi connectivity index (χ2v) is 4.15. The summed E-state index contributed by atoms with van der Waals surface area (Å²) in [7, 11) is 0.